The molecule has 2 rings (SSSR count). The molecule has 0 spiro atoms. The summed E-state index contributed by atoms with van der Waals surface area (Å²) >= 11 is 0. The molecule has 0 fully saturated rings. The molecule has 120 valence electrons. The van der Waals surface area contributed by atoms with Crippen LogP contribution < -0.4 is 5.30 Å². The molecule has 2 nitrogen and oxygen atoms in total. The lowest BCUT2D eigenvalue weighted by Gasteiger charge is -2.06. The van der Waals surface area contributed by atoms with E-state index in [4.69, 9.17) is 0 Å². The lowest BCUT2D eigenvalue weighted by atomic mass is 10.0. The van der Waals surface area contributed by atoms with Gasteiger partial charge >= 0.3 is 13.3 Å². The standard InChI is InChI=1S/C20H24O2P/c1-6-16-8-9-17(7-2)18(12-16)23(22)20(21)19-14(4)10-13(3)11-15(19)5/h8-12H,6-7H2,1-5H3/q+1. The van der Waals surface area contributed by atoms with E-state index in [0.29, 0.717) is 10.9 Å². The minimum absolute atomic E-state index is 0.252. The predicted octanol–water partition coefficient (Wildman–Crippen LogP) is 5.03. The van der Waals surface area contributed by atoms with Gasteiger partial charge in [-0.1, -0.05) is 48.2 Å². The molecule has 0 aliphatic rings. The highest BCUT2D eigenvalue weighted by Gasteiger charge is 2.36. The maximum absolute atomic E-state index is 13.0. The highest BCUT2D eigenvalue weighted by molar-refractivity contribution is 7.71. The van der Waals surface area contributed by atoms with Crippen molar-refractivity contribution in [1.82, 2.24) is 0 Å². The molecule has 0 aromatic heterocycles. The van der Waals surface area contributed by atoms with Gasteiger partial charge in [0.2, 0.25) is 5.30 Å². The summed E-state index contributed by atoms with van der Waals surface area (Å²) in [5, 5.41) is 0.700. The van der Waals surface area contributed by atoms with Crippen LogP contribution in [0.1, 0.15) is 52.0 Å². The average molecular weight is 327 g/mol. The van der Waals surface area contributed by atoms with Crippen molar-refractivity contribution in [3.63, 3.8) is 0 Å². The van der Waals surface area contributed by atoms with E-state index in [1.54, 1.807) is 0 Å². The molecule has 0 aliphatic carbocycles. The van der Waals surface area contributed by atoms with Gasteiger partial charge in [-0.15, -0.1) is 0 Å². The van der Waals surface area contributed by atoms with E-state index in [9.17, 15) is 9.36 Å². The number of carbonyl (C=O) groups is 1. The smallest absolute Gasteiger partial charge is 0.234 e. The summed E-state index contributed by atoms with van der Waals surface area (Å²) < 4.78 is 13.0. The summed E-state index contributed by atoms with van der Waals surface area (Å²) in [6.45, 7) is 9.93. The highest BCUT2D eigenvalue weighted by atomic mass is 31.1. The van der Waals surface area contributed by atoms with E-state index in [1.165, 1.54) is 0 Å². The van der Waals surface area contributed by atoms with Gasteiger partial charge in [0, 0.05) is 5.56 Å². The molecule has 0 bridgehead atoms. The second-order valence-corrected chi connectivity index (χ2v) is 7.52. The molecule has 1 atom stereocenters. The largest absolute Gasteiger partial charge is 0.458 e. The zero-order valence-electron chi connectivity index (χ0n) is 14.6. The van der Waals surface area contributed by atoms with Crippen molar-refractivity contribution in [3.8, 4) is 0 Å². The second-order valence-electron chi connectivity index (χ2n) is 6.04. The van der Waals surface area contributed by atoms with Gasteiger partial charge in [0.25, 0.3) is 0 Å². The molecule has 23 heavy (non-hydrogen) atoms. The molecule has 1 unspecified atom stereocenters. The Kier molecular flexibility index (Phi) is 5.49. The molecule has 2 aromatic carbocycles. The molecule has 0 heterocycles. The number of benzene rings is 2. The number of hydrogen-bond donors (Lipinski definition) is 0. The van der Waals surface area contributed by atoms with Crippen LogP contribution in [0.15, 0.2) is 30.3 Å². The van der Waals surface area contributed by atoms with E-state index >= 15 is 0 Å². The van der Waals surface area contributed by atoms with E-state index in [2.05, 4.69) is 13.0 Å². The van der Waals surface area contributed by atoms with Crippen LogP contribution in [0.4, 0.5) is 0 Å². The normalized spacial score (nSPS) is 11.4. The Labute approximate surface area is 139 Å². The van der Waals surface area contributed by atoms with Crippen molar-refractivity contribution in [2.45, 2.75) is 47.5 Å². The molecular weight excluding hydrogens is 303 g/mol. The maximum atomic E-state index is 13.0. The fourth-order valence-corrected chi connectivity index (χ4v) is 4.60. The first kappa shape index (κ1) is 17.6. The zero-order valence-corrected chi connectivity index (χ0v) is 15.5. The zero-order chi connectivity index (χ0) is 17.1. The molecular formula is C20H24O2P+. The highest BCUT2D eigenvalue weighted by Crippen LogP contribution is 2.32. The Morgan fingerprint density at radius 3 is 2.09 bits per heavy atom. The van der Waals surface area contributed by atoms with Gasteiger partial charge in [-0.25, -0.2) is 4.79 Å². The van der Waals surface area contributed by atoms with E-state index in [-0.39, 0.29) is 5.52 Å². The Bertz CT molecular complexity index is 752. The minimum Gasteiger partial charge on any atom is -0.234 e. The summed E-state index contributed by atoms with van der Waals surface area (Å²) in [6.07, 6.45) is 1.65. The van der Waals surface area contributed by atoms with Gasteiger partial charge in [-0.3, -0.25) is 0 Å². The summed E-state index contributed by atoms with van der Waals surface area (Å²) in [7, 11) is -2.09. The van der Waals surface area contributed by atoms with Crippen LogP contribution in [0.5, 0.6) is 0 Å². The fourth-order valence-electron chi connectivity index (χ4n) is 3.05. The molecule has 0 radical (unpaired) electrons. The third kappa shape index (κ3) is 3.59. The summed E-state index contributed by atoms with van der Waals surface area (Å²) in [4.78, 5) is 12.9. The van der Waals surface area contributed by atoms with Gasteiger partial charge in [0.1, 0.15) is 0 Å². The quantitative estimate of drug-likeness (QED) is 0.722. The molecule has 0 N–H and O–H groups in total. The van der Waals surface area contributed by atoms with Crippen LogP contribution >= 0.6 is 7.80 Å². The first-order valence-corrected chi connectivity index (χ1v) is 9.36. The van der Waals surface area contributed by atoms with Gasteiger partial charge in [0.15, 0.2) is 0 Å². The second kappa shape index (κ2) is 7.19. The number of hydrogen-bond acceptors (Lipinski definition) is 2. The molecule has 2 aromatic rings. The summed E-state index contributed by atoms with van der Waals surface area (Å²) in [5.41, 5.74) is 5.40. The van der Waals surface area contributed by atoms with Crippen LogP contribution in [0, 0.1) is 20.8 Å². The number of aryl methyl sites for hydroxylation is 5. The SMILES string of the molecule is CCc1ccc(CC)c([P+](=O)C(=O)c2c(C)cc(C)cc2C)c1. The van der Waals surface area contributed by atoms with Crippen LogP contribution in [0.25, 0.3) is 0 Å². The van der Waals surface area contributed by atoms with Crippen LogP contribution in [-0.2, 0) is 17.4 Å². The molecule has 0 amide bonds. The van der Waals surface area contributed by atoms with E-state index in [1.807, 2.05) is 52.0 Å². The molecule has 0 saturated carbocycles. The Hall–Kier alpha value is -1.79. The van der Waals surface area contributed by atoms with Gasteiger partial charge in [0.05, 0.1) is 5.56 Å². The van der Waals surface area contributed by atoms with Crippen molar-refractivity contribution in [2.75, 3.05) is 0 Å². The maximum Gasteiger partial charge on any atom is 0.458 e. The number of rotatable bonds is 5. The third-order valence-corrected chi connectivity index (χ3v) is 5.68. The van der Waals surface area contributed by atoms with Crippen molar-refractivity contribution in [1.29, 1.82) is 0 Å². The Morgan fingerprint density at radius 1 is 0.957 bits per heavy atom. The lowest BCUT2D eigenvalue weighted by molar-refractivity contribution is 0.107. The van der Waals surface area contributed by atoms with Gasteiger partial charge in [-0.2, -0.15) is 0 Å². The Balaban J connectivity index is 2.51. The van der Waals surface area contributed by atoms with Crippen molar-refractivity contribution >= 4 is 18.6 Å². The monoisotopic (exact) mass is 327 g/mol. The lowest BCUT2D eigenvalue weighted by Crippen LogP contribution is -2.12. The van der Waals surface area contributed by atoms with Gasteiger partial charge < -0.3 is 0 Å². The van der Waals surface area contributed by atoms with Crippen LogP contribution in [0.3, 0.4) is 0 Å². The minimum atomic E-state index is -2.09. The summed E-state index contributed by atoms with van der Waals surface area (Å²) in [5.74, 6) is 0. The van der Waals surface area contributed by atoms with E-state index in [0.717, 1.165) is 40.7 Å². The first-order valence-electron chi connectivity index (χ1n) is 8.10. The molecule has 3 heteroatoms. The van der Waals surface area contributed by atoms with Gasteiger partial charge in [-0.05, 0) is 56.4 Å². The fraction of sp³-hybridized carbons (Fsp3) is 0.350. The predicted molar refractivity (Wildman–Crippen MR) is 97.4 cm³/mol. The summed E-state index contributed by atoms with van der Waals surface area (Å²) in [6, 6.07) is 9.95. The first-order chi connectivity index (χ1) is 10.9. The number of carbonyl (C=O) groups excluding carboxylic acids is 1. The topological polar surface area (TPSA) is 34.1 Å². The van der Waals surface area contributed by atoms with Crippen molar-refractivity contribution in [3.05, 3.63) is 63.7 Å². The van der Waals surface area contributed by atoms with Crippen LogP contribution in [-0.4, -0.2) is 5.52 Å². The molecule has 0 saturated heterocycles. The molecule has 0 aliphatic heterocycles. The van der Waals surface area contributed by atoms with Crippen molar-refractivity contribution < 1.29 is 9.36 Å². The Morgan fingerprint density at radius 2 is 1.57 bits per heavy atom. The van der Waals surface area contributed by atoms with Crippen LogP contribution in [0.2, 0.25) is 0 Å². The van der Waals surface area contributed by atoms with Crippen molar-refractivity contribution in [2.24, 2.45) is 0 Å². The van der Waals surface area contributed by atoms with E-state index < -0.39 is 7.80 Å². The third-order valence-electron chi connectivity index (χ3n) is 4.23. The average Bonchev–Trinajstić information content (AvgIpc) is 2.52.